The second kappa shape index (κ2) is 8.24. The SMILES string of the molecule is COc1ccc(CCNC(=O)Nc2ccc(C)cc2C)cc1OC. The van der Waals surface area contributed by atoms with Crippen molar-refractivity contribution in [1.29, 1.82) is 0 Å². The third-order valence-electron chi connectivity index (χ3n) is 3.78. The standard InChI is InChI=1S/C19H24N2O3/c1-13-5-7-16(14(2)11-13)21-19(22)20-10-9-15-6-8-17(23-3)18(12-15)24-4/h5-8,11-12H,9-10H2,1-4H3,(H2,20,21,22). The number of aryl methyl sites for hydroxylation is 2. The molecule has 0 aliphatic heterocycles. The molecule has 2 amide bonds. The van der Waals surface area contributed by atoms with Gasteiger partial charge in [0.2, 0.25) is 0 Å². The first-order valence-electron chi connectivity index (χ1n) is 7.86. The van der Waals surface area contributed by atoms with E-state index in [0.29, 0.717) is 24.5 Å². The van der Waals surface area contributed by atoms with Gasteiger partial charge in [0.05, 0.1) is 14.2 Å². The second-order valence-electron chi connectivity index (χ2n) is 5.64. The summed E-state index contributed by atoms with van der Waals surface area (Å²) in [5.74, 6) is 1.39. The molecule has 0 aromatic heterocycles. The number of rotatable bonds is 6. The third-order valence-corrected chi connectivity index (χ3v) is 3.78. The number of ether oxygens (including phenoxy) is 2. The minimum atomic E-state index is -0.206. The molecule has 0 saturated heterocycles. The molecule has 0 aliphatic rings. The van der Waals surface area contributed by atoms with Gasteiger partial charge in [0.25, 0.3) is 0 Å². The fourth-order valence-corrected chi connectivity index (χ4v) is 2.48. The van der Waals surface area contributed by atoms with Crippen molar-refractivity contribution in [2.24, 2.45) is 0 Å². The number of nitrogens with one attached hydrogen (secondary N) is 2. The Balaban J connectivity index is 1.86. The fraction of sp³-hybridized carbons (Fsp3) is 0.316. The first-order chi connectivity index (χ1) is 11.5. The van der Waals surface area contributed by atoms with Crippen molar-refractivity contribution in [3.63, 3.8) is 0 Å². The molecule has 0 aliphatic carbocycles. The predicted octanol–water partition coefficient (Wildman–Crippen LogP) is 3.68. The van der Waals surface area contributed by atoms with Gasteiger partial charge in [-0.1, -0.05) is 23.8 Å². The van der Waals surface area contributed by atoms with Crippen LogP contribution < -0.4 is 20.1 Å². The molecule has 2 N–H and O–H groups in total. The van der Waals surface area contributed by atoms with Crippen LogP contribution in [-0.4, -0.2) is 26.8 Å². The predicted molar refractivity (Wildman–Crippen MR) is 96.2 cm³/mol. The minimum Gasteiger partial charge on any atom is -0.493 e. The zero-order valence-electron chi connectivity index (χ0n) is 14.6. The Morgan fingerprint density at radius 3 is 2.42 bits per heavy atom. The molecule has 0 spiro atoms. The maximum Gasteiger partial charge on any atom is 0.319 e. The number of amides is 2. The summed E-state index contributed by atoms with van der Waals surface area (Å²) in [4.78, 5) is 12.0. The number of carbonyl (C=O) groups is 1. The summed E-state index contributed by atoms with van der Waals surface area (Å²) < 4.78 is 10.5. The average molecular weight is 328 g/mol. The quantitative estimate of drug-likeness (QED) is 0.850. The van der Waals surface area contributed by atoms with Crippen LogP contribution in [0.4, 0.5) is 10.5 Å². The maximum atomic E-state index is 12.0. The van der Waals surface area contributed by atoms with Crippen molar-refractivity contribution in [2.75, 3.05) is 26.1 Å². The summed E-state index contributed by atoms with van der Waals surface area (Å²) in [5, 5.41) is 5.74. The van der Waals surface area contributed by atoms with Gasteiger partial charge in [0, 0.05) is 12.2 Å². The minimum absolute atomic E-state index is 0.206. The van der Waals surface area contributed by atoms with Crippen molar-refractivity contribution < 1.29 is 14.3 Å². The molecule has 2 aromatic rings. The Kier molecular flexibility index (Phi) is 6.07. The van der Waals surface area contributed by atoms with Crippen molar-refractivity contribution in [2.45, 2.75) is 20.3 Å². The molecule has 0 fully saturated rings. The molecule has 0 heterocycles. The van der Waals surface area contributed by atoms with Crippen LogP contribution >= 0.6 is 0 Å². The maximum absolute atomic E-state index is 12.0. The number of hydrogen-bond acceptors (Lipinski definition) is 3. The van der Waals surface area contributed by atoms with Crippen LogP contribution in [0.25, 0.3) is 0 Å². The second-order valence-corrected chi connectivity index (χ2v) is 5.64. The molecule has 0 radical (unpaired) electrons. The number of benzene rings is 2. The van der Waals surface area contributed by atoms with E-state index in [1.807, 2.05) is 50.2 Å². The summed E-state index contributed by atoms with van der Waals surface area (Å²) in [7, 11) is 3.22. The molecule has 24 heavy (non-hydrogen) atoms. The molecule has 2 aromatic carbocycles. The Hall–Kier alpha value is -2.69. The van der Waals surface area contributed by atoms with Gasteiger partial charge in [-0.15, -0.1) is 0 Å². The molecule has 5 heteroatoms. The van der Waals surface area contributed by atoms with Crippen LogP contribution in [0.1, 0.15) is 16.7 Å². The molecular weight excluding hydrogens is 304 g/mol. The van der Waals surface area contributed by atoms with Gasteiger partial charge >= 0.3 is 6.03 Å². The van der Waals surface area contributed by atoms with Crippen LogP contribution in [0.15, 0.2) is 36.4 Å². The molecule has 0 unspecified atom stereocenters. The lowest BCUT2D eigenvalue weighted by Gasteiger charge is -2.12. The van der Waals surface area contributed by atoms with E-state index < -0.39 is 0 Å². The third kappa shape index (κ3) is 4.65. The van der Waals surface area contributed by atoms with Crippen molar-refractivity contribution >= 4 is 11.7 Å². The van der Waals surface area contributed by atoms with Gasteiger partial charge in [-0.3, -0.25) is 0 Å². The van der Waals surface area contributed by atoms with Crippen molar-refractivity contribution in [3.8, 4) is 11.5 Å². The van der Waals surface area contributed by atoms with Gasteiger partial charge in [0.1, 0.15) is 0 Å². The molecule has 0 atom stereocenters. The Labute approximate surface area is 143 Å². The zero-order chi connectivity index (χ0) is 17.5. The fourth-order valence-electron chi connectivity index (χ4n) is 2.48. The number of methoxy groups -OCH3 is 2. The van der Waals surface area contributed by atoms with Crippen LogP contribution in [0.3, 0.4) is 0 Å². The molecule has 0 bridgehead atoms. The number of hydrogen-bond donors (Lipinski definition) is 2. The highest BCUT2D eigenvalue weighted by atomic mass is 16.5. The van der Waals surface area contributed by atoms with E-state index in [-0.39, 0.29) is 6.03 Å². The zero-order valence-corrected chi connectivity index (χ0v) is 14.6. The Morgan fingerprint density at radius 2 is 1.75 bits per heavy atom. The van der Waals surface area contributed by atoms with Crippen LogP contribution in [0.2, 0.25) is 0 Å². The van der Waals surface area contributed by atoms with E-state index in [9.17, 15) is 4.79 Å². The van der Waals surface area contributed by atoms with Gasteiger partial charge in [-0.25, -0.2) is 4.79 Å². The summed E-state index contributed by atoms with van der Waals surface area (Å²) >= 11 is 0. The van der Waals surface area contributed by atoms with E-state index in [0.717, 1.165) is 16.8 Å². The summed E-state index contributed by atoms with van der Waals surface area (Å²) in [5.41, 5.74) is 4.11. The van der Waals surface area contributed by atoms with Crippen LogP contribution in [-0.2, 0) is 6.42 Å². The van der Waals surface area contributed by atoms with E-state index in [2.05, 4.69) is 10.6 Å². The highest BCUT2D eigenvalue weighted by Crippen LogP contribution is 2.27. The molecule has 2 rings (SSSR count). The topological polar surface area (TPSA) is 59.6 Å². The van der Waals surface area contributed by atoms with Gasteiger partial charge < -0.3 is 20.1 Å². The van der Waals surface area contributed by atoms with Crippen LogP contribution in [0, 0.1) is 13.8 Å². The first kappa shape index (κ1) is 17.7. The van der Waals surface area contributed by atoms with E-state index in [1.54, 1.807) is 14.2 Å². The monoisotopic (exact) mass is 328 g/mol. The number of carbonyl (C=O) groups excluding carboxylic acids is 1. The Bertz CT molecular complexity index is 714. The van der Waals surface area contributed by atoms with Crippen molar-refractivity contribution in [1.82, 2.24) is 5.32 Å². The lowest BCUT2D eigenvalue weighted by molar-refractivity contribution is 0.252. The normalized spacial score (nSPS) is 10.2. The van der Waals surface area contributed by atoms with E-state index in [1.165, 1.54) is 5.56 Å². The van der Waals surface area contributed by atoms with Gasteiger partial charge in [-0.2, -0.15) is 0 Å². The van der Waals surface area contributed by atoms with Crippen molar-refractivity contribution in [3.05, 3.63) is 53.1 Å². The van der Waals surface area contributed by atoms with Gasteiger partial charge in [-0.05, 0) is 49.6 Å². The number of anilines is 1. The lowest BCUT2D eigenvalue weighted by atomic mass is 10.1. The first-order valence-corrected chi connectivity index (χ1v) is 7.86. The smallest absolute Gasteiger partial charge is 0.319 e. The molecule has 0 saturated carbocycles. The summed E-state index contributed by atoms with van der Waals surface area (Å²) in [6.07, 6.45) is 0.709. The number of urea groups is 1. The van der Waals surface area contributed by atoms with Crippen LogP contribution in [0.5, 0.6) is 11.5 Å². The highest BCUT2D eigenvalue weighted by molar-refractivity contribution is 5.90. The Morgan fingerprint density at radius 1 is 1.00 bits per heavy atom. The largest absolute Gasteiger partial charge is 0.493 e. The van der Waals surface area contributed by atoms with E-state index >= 15 is 0 Å². The van der Waals surface area contributed by atoms with Gasteiger partial charge in [0.15, 0.2) is 11.5 Å². The molecule has 128 valence electrons. The van der Waals surface area contributed by atoms with E-state index in [4.69, 9.17) is 9.47 Å². The molecular formula is C19H24N2O3. The lowest BCUT2D eigenvalue weighted by Crippen LogP contribution is -2.30. The summed E-state index contributed by atoms with van der Waals surface area (Å²) in [6.45, 7) is 4.54. The summed E-state index contributed by atoms with van der Waals surface area (Å²) in [6, 6.07) is 11.5. The highest BCUT2D eigenvalue weighted by Gasteiger charge is 2.06. The average Bonchev–Trinajstić information content (AvgIpc) is 2.57. The molecule has 5 nitrogen and oxygen atoms in total.